The van der Waals surface area contributed by atoms with E-state index < -0.39 is 11.7 Å². The first kappa shape index (κ1) is 13.5. The van der Waals surface area contributed by atoms with Crippen molar-refractivity contribution in [3.8, 4) is 0 Å². The summed E-state index contributed by atoms with van der Waals surface area (Å²) in [5, 5.41) is 0. The lowest BCUT2D eigenvalue weighted by Crippen LogP contribution is -2.10. The molecule has 3 rings (SSSR count). The number of aromatic amines is 1. The van der Waals surface area contributed by atoms with Crippen LogP contribution in [0.25, 0.3) is 11.0 Å². The molecule has 0 aliphatic heterocycles. The van der Waals surface area contributed by atoms with Gasteiger partial charge in [0.25, 0.3) is 0 Å². The van der Waals surface area contributed by atoms with Gasteiger partial charge in [-0.15, -0.1) is 0 Å². The molecule has 1 aromatic carbocycles. The molecule has 0 spiro atoms. The average Bonchev–Trinajstić information content (AvgIpc) is 2.80. The van der Waals surface area contributed by atoms with Gasteiger partial charge >= 0.3 is 6.18 Å². The lowest BCUT2D eigenvalue weighted by Gasteiger charge is -2.20. The third-order valence-electron chi connectivity index (χ3n) is 4.07. The highest BCUT2D eigenvalue weighted by atomic mass is 19.4. The van der Waals surface area contributed by atoms with Crippen LogP contribution in [0.1, 0.15) is 43.5 Å². The van der Waals surface area contributed by atoms with Crippen molar-refractivity contribution in [1.29, 1.82) is 0 Å². The van der Waals surface area contributed by atoms with Gasteiger partial charge in [-0.2, -0.15) is 13.2 Å². The van der Waals surface area contributed by atoms with Gasteiger partial charge < -0.3 is 4.98 Å². The molecule has 1 N–H and O–H groups in total. The van der Waals surface area contributed by atoms with Crippen LogP contribution in [-0.4, -0.2) is 9.97 Å². The molecule has 0 unspecified atom stereocenters. The largest absolute Gasteiger partial charge is 0.416 e. The number of aromatic nitrogens is 2. The molecule has 1 aliphatic carbocycles. The van der Waals surface area contributed by atoms with Gasteiger partial charge in [-0.25, -0.2) is 4.98 Å². The van der Waals surface area contributed by atoms with Crippen molar-refractivity contribution in [3.63, 3.8) is 0 Å². The van der Waals surface area contributed by atoms with Crippen LogP contribution in [0.2, 0.25) is 0 Å². The smallest absolute Gasteiger partial charge is 0.342 e. The number of nitrogens with one attached hydrogen (secondary N) is 1. The van der Waals surface area contributed by atoms with E-state index in [2.05, 4.69) is 9.97 Å². The summed E-state index contributed by atoms with van der Waals surface area (Å²) >= 11 is 0. The van der Waals surface area contributed by atoms with E-state index in [0.717, 1.165) is 24.4 Å². The molecule has 0 radical (unpaired) electrons. The molecule has 0 bridgehead atoms. The summed E-state index contributed by atoms with van der Waals surface area (Å²) in [5.41, 5.74) is 0.465. The first-order chi connectivity index (χ1) is 9.52. The first-order valence-corrected chi connectivity index (χ1v) is 7.08. The maximum absolute atomic E-state index is 12.7. The molecule has 0 atom stereocenters. The monoisotopic (exact) mass is 282 g/mol. The second-order valence-corrected chi connectivity index (χ2v) is 5.62. The average molecular weight is 282 g/mol. The molecule has 1 heterocycles. The molecular formula is C15H17F3N2. The molecule has 108 valence electrons. The zero-order chi connectivity index (χ0) is 14.2. The van der Waals surface area contributed by atoms with Crippen LogP contribution in [0.5, 0.6) is 0 Å². The predicted octanol–water partition coefficient (Wildman–Crippen LogP) is 4.70. The highest BCUT2D eigenvalue weighted by Crippen LogP contribution is 2.31. The Bertz CT molecular complexity index is 595. The van der Waals surface area contributed by atoms with Gasteiger partial charge in [0.1, 0.15) is 5.82 Å². The Morgan fingerprint density at radius 3 is 2.60 bits per heavy atom. The molecule has 1 fully saturated rings. The van der Waals surface area contributed by atoms with Crippen molar-refractivity contribution >= 4 is 11.0 Å². The number of hydrogen-bond donors (Lipinski definition) is 1. The Kier molecular flexibility index (Phi) is 3.44. The minimum Gasteiger partial charge on any atom is -0.342 e. The van der Waals surface area contributed by atoms with Gasteiger partial charge in [-0.05, 0) is 24.1 Å². The minimum absolute atomic E-state index is 0.477. The van der Waals surface area contributed by atoms with E-state index >= 15 is 0 Å². The number of rotatable bonds is 2. The van der Waals surface area contributed by atoms with Crippen LogP contribution in [0.15, 0.2) is 18.2 Å². The van der Waals surface area contributed by atoms with E-state index in [4.69, 9.17) is 0 Å². The molecule has 1 saturated carbocycles. The Labute approximate surface area is 115 Å². The third-order valence-corrected chi connectivity index (χ3v) is 4.07. The SMILES string of the molecule is FC(F)(F)c1ccc2nc(CC3CCCCC3)[nH]c2c1. The highest BCUT2D eigenvalue weighted by molar-refractivity contribution is 5.76. The van der Waals surface area contributed by atoms with Crippen LogP contribution >= 0.6 is 0 Å². The number of nitrogens with zero attached hydrogens (tertiary/aromatic N) is 1. The lowest BCUT2D eigenvalue weighted by atomic mass is 9.87. The van der Waals surface area contributed by atoms with Gasteiger partial charge in [0.15, 0.2) is 0 Å². The third kappa shape index (κ3) is 2.81. The number of H-pyrrole nitrogens is 1. The van der Waals surface area contributed by atoms with E-state index in [1.807, 2.05) is 0 Å². The second kappa shape index (κ2) is 5.11. The van der Waals surface area contributed by atoms with Crippen molar-refractivity contribution in [2.45, 2.75) is 44.7 Å². The van der Waals surface area contributed by atoms with Gasteiger partial charge in [-0.1, -0.05) is 32.1 Å². The Morgan fingerprint density at radius 2 is 1.90 bits per heavy atom. The number of benzene rings is 1. The van der Waals surface area contributed by atoms with Crippen molar-refractivity contribution < 1.29 is 13.2 Å². The number of hydrogen-bond acceptors (Lipinski definition) is 1. The fourth-order valence-corrected chi connectivity index (χ4v) is 3.00. The number of fused-ring (bicyclic) bond motifs is 1. The van der Waals surface area contributed by atoms with Crippen LogP contribution in [0.3, 0.4) is 0 Å². The van der Waals surface area contributed by atoms with Gasteiger partial charge in [0.2, 0.25) is 0 Å². The van der Waals surface area contributed by atoms with E-state index in [-0.39, 0.29) is 0 Å². The van der Waals surface area contributed by atoms with Crippen molar-refractivity contribution in [2.75, 3.05) is 0 Å². The molecule has 20 heavy (non-hydrogen) atoms. The quantitative estimate of drug-likeness (QED) is 0.849. The van der Waals surface area contributed by atoms with E-state index in [9.17, 15) is 13.2 Å². The van der Waals surface area contributed by atoms with E-state index in [1.165, 1.54) is 38.2 Å². The van der Waals surface area contributed by atoms with Gasteiger partial charge in [-0.3, -0.25) is 0 Å². The fourth-order valence-electron chi connectivity index (χ4n) is 3.00. The number of imidazole rings is 1. The number of halogens is 3. The summed E-state index contributed by atoms with van der Waals surface area (Å²) in [7, 11) is 0. The molecule has 2 aromatic rings. The zero-order valence-corrected chi connectivity index (χ0v) is 11.1. The summed E-state index contributed by atoms with van der Waals surface area (Å²) < 4.78 is 38.0. The Balaban J connectivity index is 1.83. The van der Waals surface area contributed by atoms with Crippen molar-refractivity contribution in [1.82, 2.24) is 9.97 Å². The summed E-state index contributed by atoms with van der Waals surface area (Å²) in [4.78, 5) is 7.45. The van der Waals surface area contributed by atoms with E-state index in [0.29, 0.717) is 17.0 Å². The lowest BCUT2D eigenvalue weighted by molar-refractivity contribution is -0.137. The predicted molar refractivity (Wildman–Crippen MR) is 71.4 cm³/mol. The molecular weight excluding hydrogens is 265 g/mol. The summed E-state index contributed by atoms with van der Waals surface area (Å²) in [5.74, 6) is 1.43. The van der Waals surface area contributed by atoms with E-state index in [1.54, 1.807) is 0 Å². The van der Waals surface area contributed by atoms with Crippen LogP contribution in [0.4, 0.5) is 13.2 Å². The maximum Gasteiger partial charge on any atom is 0.416 e. The second-order valence-electron chi connectivity index (χ2n) is 5.62. The molecule has 2 nitrogen and oxygen atoms in total. The number of alkyl halides is 3. The van der Waals surface area contributed by atoms with Gasteiger partial charge in [0, 0.05) is 6.42 Å². The van der Waals surface area contributed by atoms with Gasteiger partial charge in [0.05, 0.1) is 16.6 Å². The summed E-state index contributed by atoms with van der Waals surface area (Å²) in [6, 6.07) is 3.68. The molecule has 5 heteroatoms. The molecule has 1 aliphatic rings. The Morgan fingerprint density at radius 1 is 1.15 bits per heavy atom. The normalized spacial score (nSPS) is 17.8. The minimum atomic E-state index is -4.30. The first-order valence-electron chi connectivity index (χ1n) is 7.08. The highest BCUT2D eigenvalue weighted by Gasteiger charge is 2.30. The van der Waals surface area contributed by atoms with Crippen LogP contribution < -0.4 is 0 Å². The topological polar surface area (TPSA) is 28.7 Å². The van der Waals surface area contributed by atoms with Crippen LogP contribution in [-0.2, 0) is 12.6 Å². The van der Waals surface area contributed by atoms with Crippen LogP contribution in [0, 0.1) is 5.92 Å². The Hall–Kier alpha value is -1.52. The van der Waals surface area contributed by atoms with Crippen molar-refractivity contribution in [3.05, 3.63) is 29.6 Å². The summed E-state index contributed by atoms with van der Waals surface area (Å²) in [6.07, 6.45) is 2.74. The molecule has 0 amide bonds. The summed E-state index contributed by atoms with van der Waals surface area (Å²) in [6.45, 7) is 0. The zero-order valence-electron chi connectivity index (χ0n) is 11.1. The standard InChI is InChI=1S/C15H17F3N2/c16-15(17,18)11-6-7-12-13(9-11)20-14(19-12)8-10-4-2-1-3-5-10/h6-7,9-10H,1-5,8H2,(H,19,20). The molecule has 0 saturated heterocycles. The molecule has 1 aromatic heterocycles. The fraction of sp³-hybridized carbons (Fsp3) is 0.533. The maximum atomic E-state index is 12.7. The van der Waals surface area contributed by atoms with Crippen molar-refractivity contribution in [2.24, 2.45) is 5.92 Å².